The number of aliphatic hydroxyl groups excluding tert-OH is 1. The molecule has 0 bridgehead atoms. The quantitative estimate of drug-likeness (QED) is 0.176. The SMILES string of the molecule is C[C@@]1(O)C(O)[C@@H](COP(=O)(O)OP(=O)(O)OP(=O)(O)O)O[C@H]1n1cc(F)c(=S)[nH]c1=S. The molecule has 3 unspecified atom stereocenters. The molecule has 2 rings (SSSR count). The molecular weight excluding hydrogens is 532 g/mol. The van der Waals surface area contributed by atoms with E-state index < -0.39 is 59.9 Å². The maximum absolute atomic E-state index is 13.8. The minimum Gasteiger partial charge on any atom is -0.387 e. The van der Waals surface area contributed by atoms with Gasteiger partial charge in [0, 0.05) is 6.20 Å². The highest BCUT2D eigenvalue weighted by Gasteiger charge is 2.54. The molecule has 1 aliphatic rings. The molecule has 6 atom stereocenters. The third-order valence-electron chi connectivity index (χ3n) is 3.75. The molecule has 1 aliphatic heterocycles. The fourth-order valence-electron chi connectivity index (χ4n) is 2.48. The zero-order chi connectivity index (χ0) is 24.0. The molecule has 31 heavy (non-hydrogen) atoms. The van der Waals surface area contributed by atoms with Crippen LogP contribution in [0.2, 0.25) is 0 Å². The molecule has 15 nitrogen and oxygen atoms in total. The molecule has 0 saturated carbocycles. The minimum absolute atomic E-state index is 0.197. The van der Waals surface area contributed by atoms with Gasteiger partial charge in [-0.15, -0.1) is 0 Å². The maximum atomic E-state index is 13.8. The number of H-pyrrole nitrogens is 1. The molecule has 1 saturated heterocycles. The van der Waals surface area contributed by atoms with Crippen molar-refractivity contribution in [2.24, 2.45) is 0 Å². The van der Waals surface area contributed by atoms with Gasteiger partial charge in [0.2, 0.25) is 0 Å². The van der Waals surface area contributed by atoms with Gasteiger partial charge in [0.15, 0.2) is 16.8 Å². The van der Waals surface area contributed by atoms with Crippen LogP contribution in [0.1, 0.15) is 13.2 Å². The number of aliphatic hydroxyl groups is 2. The van der Waals surface area contributed by atoms with Gasteiger partial charge in [-0.3, -0.25) is 9.09 Å². The van der Waals surface area contributed by atoms with Gasteiger partial charge >= 0.3 is 23.5 Å². The van der Waals surface area contributed by atoms with Crippen molar-refractivity contribution in [1.29, 1.82) is 0 Å². The third kappa shape index (κ3) is 6.86. The number of phosphoric acid groups is 3. The summed E-state index contributed by atoms with van der Waals surface area (Å²) in [6.45, 7) is 0.0323. The molecular formula is C10H16FN2O13P3S2. The van der Waals surface area contributed by atoms with E-state index >= 15 is 0 Å². The molecule has 0 radical (unpaired) electrons. The number of nitrogens with one attached hydrogen (secondary N) is 1. The molecule has 1 aromatic heterocycles. The lowest BCUT2D eigenvalue weighted by Crippen LogP contribution is -2.44. The van der Waals surface area contributed by atoms with Crippen molar-refractivity contribution in [1.82, 2.24) is 9.55 Å². The van der Waals surface area contributed by atoms with Gasteiger partial charge in [-0.1, -0.05) is 12.2 Å². The highest BCUT2D eigenvalue weighted by Crippen LogP contribution is 2.66. The summed E-state index contributed by atoms with van der Waals surface area (Å²) in [5.41, 5.74) is -2.15. The number of ether oxygens (including phenoxy) is 1. The normalized spacial score (nSPS) is 30.6. The van der Waals surface area contributed by atoms with Crippen LogP contribution in [0.3, 0.4) is 0 Å². The molecule has 0 aromatic carbocycles. The van der Waals surface area contributed by atoms with E-state index in [4.69, 9.17) is 31.6 Å². The number of rotatable bonds is 8. The Morgan fingerprint density at radius 2 is 1.81 bits per heavy atom. The van der Waals surface area contributed by atoms with Crippen LogP contribution in [0.15, 0.2) is 6.20 Å². The zero-order valence-electron chi connectivity index (χ0n) is 15.0. The first-order valence-corrected chi connectivity index (χ1v) is 13.0. The van der Waals surface area contributed by atoms with Crippen LogP contribution in [0.4, 0.5) is 4.39 Å². The van der Waals surface area contributed by atoms with E-state index in [1.807, 2.05) is 0 Å². The van der Waals surface area contributed by atoms with Crippen LogP contribution >= 0.6 is 47.9 Å². The summed E-state index contributed by atoms with van der Waals surface area (Å²) in [5, 5.41) is 20.8. The number of aromatic amines is 1. The van der Waals surface area contributed by atoms with Crippen molar-refractivity contribution in [3.05, 3.63) is 21.4 Å². The predicted octanol–water partition coefficient (Wildman–Crippen LogP) is 0.767. The first kappa shape index (κ1) is 27.0. The highest BCUT2D eigenvalue weighted by molar-refractivity contribution is 7.72. The van der Waals surface area contributed by atoms with E-state index in [2.05, 4.69) is 30.3 Å². The van der Waals surface area contributed by atoms with Crippen molar-refractivity contribution in [3.8, 4) is 0 Å². The molecule has 2 heterocycles. The Morgan fingerprint density at radius 3 is 2.35 bits per heavy atom. The molecule has 1 aromatic rings. The van der Waals surface area contributed by atoms with E-state index in [0.29, 0.717) is 0 Å². The number of aromatic nitrogens is 2. The number of hydrogen-bond acceptors (Lipinski definition) is 11. The number of hydrogen-bond donors (Lipinski definition) is 7. The lowest BCUT2D eigenvalue weighted by molar-refractivity contribution is -0.0981. The summed E-state index contributed by atoms with van der Waals surface area (Å²) in [7, 11) is -16.8. The van der Waals surface area contributed by atoms with Gasteiger partial charge in [0.1, 0.15) is 22.4 Å². The van der Waals surface area contributed by atoms with Crippen LogP contribution in [0.5, 0.6) is 0 Å². The summed E-state index contributed by atoms with van der Waals surface area (Å²) in [4.78, 5) is 37.9. The van der Waals surface area contributed by atoms with E-state index in [0.717, 1.165) is 17.7 Å². The Hall–Kier alpha value is -0.260. The first-order valence-electron chi connectivity index (χ1n) is 7.70. The van der Waals surface area contributed by atoms with Crippen LogP contribution in [0.25, 0.3) is 0 Å². The average molecular weight is 548 g/mol. The first-order chi connectivity index (χ1) is 13.8. The van der Waals surface area contributed by atoms with E-state index in [1.165, 1.54) is 0 Å². The molecule has 21 heteroatoms. The highest BCUT2D eigenvalue weighted by atomic mass is 32.1. The molecule has 0 aliphatic carbocycles. The zero-order valence-corrected chi connectivity index (χ0v) is 19.4. The molecule has 0 spiro atoms. The van der Waals surface area contributed by atoms with Crippen molar-refractivity contribution >= 4 is 47.9 Å². The lowest BCUT2D eigenvalue weighted by atomic mass is 9.96. The number of phosphoric ester groups is 1. The van der Waals surface area contributed by atoms with Crippen LogP contribution < -0.4 is 0 Å². The van der Waals surface area contributed by atoms with Gasteiger partial charge in [-0.05, 0) is 19.1 Å². The maximum Gasteiger partial charge on any atom is 0.490 e. The Kier molecular flexibility index (Phi) is 7.99. The second kappa shape index (κ2) is 9.18. The summed E-state index contributed by atoms with van der Waals surface area (Å²) in [5.74, 6) is -0.936. The second-order valence-electron chi connectivity index (χ2n) is 6.23. The summed E-state index contributed by atoms with van der Waals surface area (Å²) >= 11 is 9.65. The van der Waals surface area contributed by atoms with E-state index in [9.17, 15) is 33.2 Å². The van der Waals surface area contributed by atoms with Crippen molar-refractivity contribution in [3.63, 3.8) is 0 Å². The molecule has 0 amide bonds. The topological polar surface area (TPSA) is 230 Å². The van der Waals surface area contributed by atoms with E-state index in [-0.39, 0.29) is 9.41 Å². The van der Waals surface area contributed by atoms with Crippen LogP contribution in [-0.2, 0) is 31.6 Å². The fourth-order valence-corrected chi connectivity index (χ4v) is 5.98. The number of halogens is 1. The van der Waals surface area contributed by atoms with Gasteiger partial charge in [0.05, 0.1) is 6.61 Å². The van der Waals surface area contributed by atoms with Crippen molar-refractivity contribution in [2.45, 2.75) is 31.0 Å². The Balaban J connectivity index is 2.17. The van der Waals surface area contributed by atoms with Crippen LogP contribution in [-0.4, -0.2) is 63.8 Å². The number of nitrogens with zero attached hydrogens (tertiary/aromatic N) is 1. The summed E-state index contributed by atoms with van der Waals surface area (Å²) in [6.07, 6.45) is -4.15. The standard InChI is InChI=1S/C10H16FN2O13P3S2/c1-10(15)6(14)5(24-8(10)13-2-4(11)7(30)12-9(13)31)3-23-28(19,20)26-29(21,22)25-27(16,17)18/h2,5-6,8,14-15H,3H2,1H3,(H,19,20)(H,21,22)(H,12,30,31)(H2,16,17,18)/t5-,6?,8-,10-/m1/s1. The average Bonchev–Trinajstić information content (AvgIpc) is 2.76. The largest absolute Gasteiger partial charge is 0.490 e. The van der Waals surface area contributed by atoms with Crippen molar-refractivity contribution in [2.75, 3.05) is 6.61 Å². The van der Waals surface area contributed by atoms with Gasteiger partial charge in [-0.25, -0.2) is 18.1 Å². The third-order valence-corrected chi connectivity index (χ3v) is 8.16. The Morgan fingerprint density at radius 1 is 1.23 bits per heavy atom. The second-order valence-corrected chi connectivity index (χ2v) is 11.4. The summed E-state index contributed by atoms with van der Waals surface area (Å²) < 4.78 is 64.7. The smallest absolute Gasteiger partial charge is 0.387 e. The molecule has 178 valence electrons. The molecule has 1 fully saturated rings. The van der Waals surface area contributed by atoms with Gasteiger partial charge in [-0.2, -0.15) is 8.62 Å². The van der Waals surface area contributed by atoms with Crippen molar-refractivity contribution < 1.29 is 65.8 Å². The Bertz CT molecular complexity index is 1100. The molecule has 7 N–H and O–H groups in total. The van der Waals surface area contributed by atoms with Gasteiger partial charge in [0.25, 0.3) is 0 Å². The Labute approximate surface area is 182 Å². The monoisotopic (exact) mass is 548 g/mol. The van der Waals surface area contributed by atoms with E-state index in [1.54, 1.807) is 0 Å². The van der Waals surface area contributed by atoms with Gasteiger partial charge < -0.3 is 39.5 Å². The lowest BCUT2D eigenvalue weighted by Gasteiger charge is -2.28. The fraction of sp³-hybridized carbons (Fsp3) is 0.600. The summed E-state index contributed by atoms with van der Waals surface area (Å²) in [6, 6.07) is 0. The van der Waals surface area contributed by atoms with Crippen LogP contribution in [0, 0.1) is 15.2 Å². The minimum atomic E-state index is -5.74. The predicted molar refractivity (Wildman–Crippen MR) is 101 cm³/mol.